The van der Waals surface area contributed by atoms with E-state index in [0.29, 0.717) is 6.04 Å². The topological polar surface area (TPSA) is 39.1 Å². The van der Waals surface area contributed by atoms with E-state index in [4.69, 9.17) is 5.26 Å². The summed E-state index contributed by atoms with van der Waals surface area (Å²) < 4.78 is 0. The smallest absolute Gasteiger partial charge is 0.0992 e. The molecule has 1 unspecified atom stereocenters. The quantitative estimate of drug-likeness (QED) is 0.904. The van der Waals surface area contributed by atoms with Crippen molar-refractivity contribution in [2.45, 2.75) is 39.2 Å². The van der Waals surface area contributed by atoms with E-state index in [-0.39, 0.29) is 0 Å². The van der Waals surface area contributed by atoms with Crippen molar-refractivity contribution in [3.8, 4) is 6.07 Å². The van der Waals surface area contributed by atoms with E-state index >= 15 is 0 Å². The molecule has 0 aromatic heterocycles. The van der Waals surface area contributed by atoms with E-state index in [0.717, 1.165) is 17.8 Å². The van der Waals surface area contributed by atoms with Crippen molar-refractivity contribution >= 4 is 5.69 Å². The minimum atomic E-state index is 0.532. The van der Waals surface area contributed by atoms with Gasteiger partial charge in [0, 0.05) is 18.3 Å². The zero-order chi connectivity index (χ0) is 13.7. The van der Waals surface area contributed by atoms with Gasteiger partial charge in [0.05, 0.1) is 11.6 Å². The van der Waals surface area contributed by atoms with E-state index in [1.54, 1.807) is 0 Å². The molecule has 1 N–H and O–H groups in total. The Kier molecular flexibility index (Phi) is 4.81. The van der Waals surface area contributed by atoms with Crippen molar-refractivity contribution in [2.24, 2.45) is 0 Å². The van der Waals surface area contributed by atoms with Crippen LogP contribution in [0.3, 0.4) is 0 Å². The number of hydrogen-bond acceptors (Lipinski definition) is 3. The van der Waals surface area contributed by atoms with Gasteiger partial charge in [-0.05, 0) is 57.0 Å². The average Bonchev–Trinajstić information content (AvgIpc) is 2.66. The first-order valence-corrected chi connectivity index (χ1v) is 7.22. The molecule has 1 aromatic carbocycles. The second-order valence-electron chi connectivity index (χ2n) is 5.35. The molecule has 1 fully saturated rings. The SMILES string of the molecule is CCN1CCCC(Nc2cc(C#N)ccc2C)CC1. The number of aryl methyl sites for hydroxylation is 1. The molecule has 1 saturated heterocycles. The minimum Gasteiger partial charge on any atom is -0.382 e. The summed E-state index contributed by atoms with van der Waals surface area (Å²) in [5.74, 6) is 0. The third-order valence-electron chi connectivity index (χ3n) is 3.99. The second kappa shape index (κ2) is 6.58. The zero-order valence-corrected chi connectivity index (χ0v) is 11.9. The van der Waals surface area contributed by atoms with Crippen LogP contribution in [-0.2, 0) is 0 Å². The summed E-state index contributed by atoms with van der Waals surface area (Å²) in [6.07, 6.45) is 3.65. The lowest BCUT2D eigenvalue weighted by molar-refractivity contribution is 0.300. The fourth-order valence-corrected chi connectivity index (χ4v) is 2.68. The third-order valence-corrected chi connectivity index (χ3v) is 3.99. The maximum Gasteiger partial charge on any atom is 0.0992 e. The van der Waals surface area contributed by atoms with Crippen molar-refractivity contribution in [1.82, 2.24) is 4.90 Å². The largest absolute Gasteiger partial charge is 0.382 e. The summed E-state index contributed by atoms with van der Waals surface area (Å²) in [5, 5.41) is 12.6. The summed E-state index contributed by atoms with van der Waals surface area (Å²) in [5.41, 5.74) is 3.07. The van der Waals surface area contributed by atoms with Gasteiger partial charge in [0.15, 0.2) is 0 Å². The van der Waals surface area contributed by atoms with Gasteiger partial charge in [-0.3, -0.25) is 0 Å². The maximum atomic E-state index is 8.99. The Hall–Kier alpha value is -1.53. The van der Waals surface area contributed by atoms with E-state index in [1.807, 2.05) is 18.2 Å². The van der Waals surface area contributed by atoms with E-state index in [9.17, 15) is 0 Å². The van der Waals surface area contributed by atoms with Crippen LogP contribution in [0.4, 0.5) is 5.69 Å². The Bertz CT molecular complexity index is 462. The van der Waals surface area contributed by atoms with Gasteiger partial charge in [-0.1, -0.05) is 13.0 Å². The van der Waals surface area contributed by atoms with Gasteiger partial charge in [-0.2, -0.15) is 5.26 Å². The summed E-state index contributed by atoms with van der Waals surface area (Å²) in [6.45, 7) is 7.86. The zero-order valence-electron chi connectivity index (χ0n) is 11.9. The number of rotatable bonds is 3. The minimum absolute atomic E-state index is 0.532. The lowest BCUT2D eigenvalue weighted by Crippen LogP contribution is -2.26. The number of nitrogens with one attached hydrogen (secondary N) is 1. The van der Waals surface area contributed by atoms with E-state index in [1.165, 1.54) is 37.9 Å². The van der Waals surface area contributed by atoms with Crippen LogP contribution < -0.4 is 5.32 Å². The van der Waals surface area contributed by atoms with Gasteiger partial charge in [-0.25, -0.2) is 0 Å². The summed E-state index contributed by atoms with van der Waals surface area (Å²) in [4.78, 5) is 2.51. The standard InChI is InChI=1S/C16H23N3/c1-3-19-9-4-5-15(8-10-19)18-16-11-14(12-17)7-6-13(16)2/h6-7,11,15,18H,3-5,8-10H2,1-2H3. The normalized spacial score (nSPS) is 20.6. The highest BCUT2D eigenvalue weighted by atomic mass is 15.1. The van der Waals surface area contributed by atoms with E-state index in [2.05, 4.69) is 30.1 Å². The Labute approximate surface area is 116 Å². The maximum absolute atomic E-state index is 8.99. The van der Waals surface area contributed by atoms with Crippen molar-refractivity contribution in [1.29, 1.82) is 5.26 Å². The van der Waals surface area contributed by atoms with Crippen LogP contribution in [0, 0.1) is 18.3 Å². The van der Waals surface area contributed by atoms with Gasteiger partial charge >= 0.3 is 0 Å². The van der Waals surface area contributed by atoms with E-state index < -0.39 is 0 Å². The second-order valence-corrected chi connectivity index (χ2v) is 5.35. The lowest BCUT2D eigenvalue weighted by atomic mass is 10.1. The number of benzene rings is 1. The Morgan fingerprint density at radius 2 is 2.21 bits per heavy atom. The molecule has 1 aliphatic heterocycles. The monoisotopic (exact) mass is 257 g/mol. The van der Waals surface area contributed by atoms with Gasteiger partial charge in [-0.15, -0.1) is 0 Å². The van der Waals surface area contributed by atoms with Crippen LogP contribution >= 0.6 is 0 Å². The number of hydrogen-bond donors (Lipinski definition) is 1. The average molecular weight is 257 g/mol. The summed E-state index contributed by atoms with van der Waals surface area (Å²) in [6, 6.07) is 8.62. The highest BCUT2D eigenvalue weighted by Gasteiger charge is 2.16. The van der Waals surface area contributed by atoms with Crippen LogP contribution in [0.25, 0.3) is 0 Å². The first-order chi connectivity index (χ1) is 9.22. The first-order valence-electron chi connectivity index (χ1n) is 7.22. The molecule has 102 valence electrons. The molecule has 2 rings (SSSR count). The van der Waals surface area contributed by atoms with Gasteiger partial charge in [0.2, 0.25) is 0 Å². The molecule has 0 amide bonds. The molecular formula is C16H23N3. The van der Waals surface area contributed by atoms with Gasteiger partial charge < -0.3 is 10.2 Å². The van der Waals surface area contributed by atoms with Crippen molar-refractivity contribution in [2.75, 3.05) is 25.0 Å². The van der Waals surface area contributed by atoms with Crippen molar-refractivity contribution in [3.05, 3.63) is 29.3 Å². The van der Waals surface area contributed by atoms with Crippen LogP contribution in [0.1, 0.15) is 37.3 Å². The Morgan fingerprint density at radius 1 is 1.37 bits per heavy atom. The third kappa shape index (κ3) is 3.71. The van der Waals surface area contributed by atoms with Gasteiger partial charge in [0.1, 0.15) is 0 Å². The molecule has 19 heavy (non-hydrogen) atoms. The molecule has 0 spiro atoms. The van der Waals surface area contributed by atoms with Crippen LogP contribution in [0.15, 0.2) is 18.2 Å². The number of nitriles is 1. The Morgan fingerprint density at radius 3 is 2.95 bits per heavy atom. The molecule has 1 atom stereocenters. The van der Waals surface area contributed by atoms with Crippen LogP contribution in [-0.4, -0.2) is 30.6 Å². The predicted octanol–water partition coefficient (Wildman–Crippen LogP) is 3.15. The van der Waals surface area contributed by atoms with Crippen LogP contribution in [0.5, 0.6) is 0 Å². The predicted molar refractivity (Wildman–Crippen MR) is 79.3 cm³/mol. The number of anilines is 1. The summed E-state index contributed by atoms with van der Waals surface area (Å²) in [7, 11) is 0. The highest BCUT2D eigenvalue weighted by Crippen LogP contribution is 2.21. The molecule has 1 aliphatic rings. The van der Waals surface area contributed by atoms with Gasteiger partial charge in [0.25, 0.3) is 0 Å². The molecule has 0 aliphatic carbocycles. The molecule has 3 nitrogen and oxygen atoms in total. The fourth-order valence-electron chi connectivity index (χ4n) is 2.68. The molecule has 0 saturated carbocycles. The van der Waals surface area contributed by atoms with Crippen molar-refractivity contribution < 1.29 is 0 Å². The molecule has 3 heteroatoms. The van der Waals surface area contributed by atoms with Crippen LogP contribution in [0.2, 0.25) is 0 Å². The van der Waals surface area contributed by atoms with Crippen molar-refractivity contribution in [3.63, 3.8) is 0 Å². The summed E-state index contributed by atoms with van der Waals surface area (Å²) >= 11 is 0. The molecule has 0 bridgehead atoms. The lowest BCUT2D eigenvalue weighted by Gasteiger charge is -2.20. The molecule has 1 heterocycles. The molecule has 0 radical (unpaired) electrons. The first kappa shape index (κ1) is 13.9. The molecular weight excluding hydrogens is 234 g/mol. The fraction of sp³-hybridized carbons (Fsp3) is 0.562. The Balaban J connectivity index is 2.03. The number of nitrogens with zero attached hydrogens (tertiary/aromatic N) is 2. The highest BCUT2D eigenvalue weighted by molar-refractivity contribution is 5.55. The number of likely N-dealkylation sites (tertiary alicyclic amines) is 1. The molecule has 1 aromatic rings.